The van der Waals surface area contributed by atoms with Gasteiger partial charge >= 0.3 is 0 Å². The standard InChI is InChI=1S/C40H37N/c1-39(2,3)28-16-12-26(13-17-28)31-22-24-35-37-33(31)20-21-34-32(27-14-18-29(19-15-27)40(4,5)6)23-25-36(38(34)37)41(35)30-10-8-7-9-11-30/h7-25H,1-6H3. The second-order valence-corrected chi connectivity index (χ2v) is 13.5. The minimum absolute atomic E-state index is 0.135. The van der Waals surface area contributed by atoms with E-state index in [0.717, 1.165) is 0 Å². The Labute approximate surface area is 243 Å². The summed E-state index contributed by atoms with van der Waals surface area (Å²) in [4.78, 5) is 0. The molecule has 202 valence electrons. The third-order valence-electron chi connectivity index (χ3n) is 8.73. The molecule has 0 aliphatic carbocycles. The summed E-state index contributed by atoms with van der Waals surface area (Å²) in [6.45, 7) is 13.6. The second kappa shape index (κ2) is 9.08. The molecule has 7 aromatic rings. The third-order valence-corrected chi connectivity index (χ3v) is 8.73. The lowest BCUT2D eigenvalue weighted by molar-refractivity contribution is 0.590. The van der Waals surface area contributed by atoms with E-state index >= 15 is 0 Å². The molecular formula is C40H37N. The maximum Gasteiger partial charge on any atom is 0.0547 e. The fraction of sp³-hybridized carbons (Fsp3) is 0.200. The number of para-hydroxylation sites is 1. The van der Waals surface area contributed by atoms with Crippen molar-refractivity contribution in [3.8, 4) is 27.9 Å². The zero-order valence-electron chi connectivity index (χ0n) is 24.9. The molecule has 0 fully saturated rings. The van der Waals surface area contributed by atoms with Crippen LogP contribution in [0.4, 0.5) is 0 Å². The van der Waals surface area contributed by atoms with Gasteiger partial charge in [0.2, 0.25) is 0 Å². The molecule has 1 heteroatoms. The topological polar surface area (TPSA) is 4.93 Å². The van der Waals surface area contributed by atoms with E-state index in [0.29, 0.717) is 0 Å². The first-order chi connectivity index (χ1) is 19.6. The van der Waals surface area contributed by atoms with Crippen molar-refractivity contribution in [1.82, 2.24) is 4.57 Å². The molecule has 0 amide bonds. The van der Waals surface area contributed by atoms with E-state index in [1.54, 1.807) is 0 Å². The van der Waals surface area contributed by atoms with Crippen LogP contribution in [0.2, 0.25) is 0 Å². The summed E-state index contributed by atoms with van der Waals surface area (Å²) in [5.41, 5.74) is 11.8. The van der Waals surface area contributed by atoms with Gasteiger partial charge in [-0.2, -0.15) is 0 Å². The van der Waals surface area contributed by atoms with Crippen LogP contribution < -0.4 is 0 Å². The average Bonchev–Trinajstić information content (AvgIpc) is 3.31. The Bertz CT molecular complexity index is 1880. The van der Waals surface area contributed by atoms with Crippen LogP contribution in [-0.4, -0.2) is 4.57 Å². The molecule has 0 spiro atoms. The average molecular weight is 532 g/mol. The molecule has 1 aromatic heterocycles. The molecule has 0 N–H and O–H groups in total. The Balaban J connectivity index is 1.51. The summed E-state index contributed by atoms with van der Waals surface area (Å²) in [6, 6.07) is 43.0. The monoisotopic (exact) mass is 531 g/mol. The van der Waals surface area contributed by atoms with E-state index in [2.05, 4.69) is 161 Å². The Morgan fingerprint density at radius 1 is 0.415 bits per heavy atom. The highest BCUT2D eigenvalue weighted by molar-refractivity contribution is 6.28. The zero-order chi connectivity index (χ0) is 28.5. The van der Waals surface area contributed by atoms with E-state index in [4.69, 9.17) is 0 Å². The first-order valence-electron chi connectivity index (χ1n) is 14.7. The van der Waals surface area contributed by atoms with Crippen molar-refractivity contribution in [3.05, 3.63) is 126 Å². The van der Waals surface area contributed by atoms with Gasteiger partial charge in [0.05, 0.1) is 11.0 Å². The van der Waals surface area contributed by atoms with Crippen LogP contribution in [0.15, 0.2) is 115 Å². The van der Waals surface area contributed by atoms with Gasteiger partial charge in [0.25, 0.3) is 0 Å². The van der Waals surface area contributed by atoms with Crippen LogP contribution in [0.3, 0.4) is 0 Å². The molecule has 0 aliphatic heterocycles. The van der Waals surface area contributed by atoms with E-state index in [9.17, 15) is 0 Å². The van der Waals surface area contributed by atoms with Crippen molar-refractivity contribution in [2.24, 2.45) is 0 Å². The van der Waals surface area contributed by atoms with Gasteiger partial charge in [-0.1, -0.05) is 133 Å². The Hall–Kier alpha value is -4.36. The Kier molecular flexibility index (Phi) is 5.67. The lowest BCUT2D eigenvalue weighted by Gasteiger charge is -2.19. The van der Waals surface area contributed by atoms with Gasteiger partial charge in [0.1, 0.15) is 0 Å². The maximum absolute atomic E-state index is 2.43. The molecule has 0 unspecified atom stereocenters. The molecule has 41 heavy (non-hydrogen) atoms. The summed E-state index contributed by atoms with van der Waals surface area (Å²) in [5.74, 6) is 0. The molecule has 0 bridgehead atoms. The van der Waals surface area contributed by atoms with Gasteiger partial charge in [0, 0.05) is 16.5 Å². The second-order valence-electron chi connectivity index (χ2n) is 13.5. The van der Waals surface area contributed by atoms with Gasteiger partial charge in [0.15, 0.2) is 0 Å². The summed E-state index contributed by atoms with van der Waals surface area (Å²) >= 11 is 0. The van der Waals surface area contributed by atoms with Crippen molar-refractivity contribution in [3.63, 3.8) is 0 Å². The zero-order valence-corrected chi connectivity index (χ0v) is 24.9. The summed E-state index contributed by atoms with van der Waals surface area (Å²) in [5, 5.41) is 5.29. The molecule has 0 radical (unpaired) electrons. The van der Waals surface area contributed by atoms with Crippen LogP contribution in [0.5, 0.6) is 0 Å². The molecular weight excluding hydrogens is 494 g/mol. The molecule has 0 atom stereocenters. The number of hydrogen-bond acceptors (Lipinski definition) is 0. The SMILES string of the molecule is CC(C)(C)c1ccc(-c2ccc3c4c2ccc2c(-c5ccc(C(C)(C)C)cc5)ccc(c24)n3-c2ccccc2)cc1. The van der Waals surface area contributed by atoms with E-state index in [-0.39, 0.29) is 10.8 Å². The minimum atomic E-state index is 0.135. The Morgan fingerprint density at radius 3 is 1.22 bits per heavy atom. The fourth-order valence-corrected chi connectivity index (χ4v) is 6.42. The van der Waals surface area contributed by atoms with Gasteiger partial charge in [-0.25, -0.2) is 0 Å². The molecule has 7 rings (SSSR count). The maximum atomic E-state index is 2.43. The van der Waals surface area contributed by atoms with Crippen LogP contribution >= 0.6 is 0 Å². The molecule has 0 aliphatic rings. The summed E-state index contributed by atoms with van der Waals surface area (Å²) in [6.07, 6.45) is 0. The lowest BCUT2D eigenvalue weighted by Crippen LogP contribution is -2.10. The third kappa shape index (κ3) is 4.15. The van der Waals surface area contributed by atoms with E-state index in [1.807, 2.05) is 0 Å². The van der Waals surface area contributed by atoms with Crippen LogP contribution in [0, 0.1) is 0 Å². The number of nitrogens with zero attached hydrogens (tertiary/aromatic N) is 1. The first kappa shape index (κ1) is 25.6. The molecule has 0 saturated carbocycles. The van der Waals surface area contributed by atoms with Crippen LogP contribution in [-0.2, 0) is 10.8 Å². The molecule has 1 heterocycles. The summed E-state index contributed by atoms with van der Waals surface area (Å²) < 4.78 is 2.43. The van der Waals surface area contributed by atoms with Crippen molar-refractivity contribution in [2.45, 2.75) is 52.4 Å². The summed E-state index contributed by atoms with van der Waals surface area (Å²) in [7, 11) is 0. The van der Waals surface area contributed by atoms with Gasteiger partial charge in [-0.3, -0.25) is 0 Å². The number of hydrogen-bond donors (Lipinski definition) is 0. The largest absolute Gasteiger partial charge is 0.309 e. The highest BCUT2D eigenvalue weighted by Crippen LogP contribution is 2.45. The molecule has 1 nitrogen and oxygen atoms in total. The Morgan fingerprint density at radius 2 is 0.829 bits per heavy atom. The van der Waals surface area contributed by atoms with Gasteiger partial charge in [-0.05, 0) is 79.2 Å². The van der Waals surface area contributed by atoms with Crippen molar-refractivity contribution in [2.75, 3.05) is 0 Å². The highest BCUT2D eigenvalue weighted by Gasteiger charge is 2.21. The molecule has 0 saturated heterocycles. The van der Waals surface area contributed by atoms with E-state index < -0.39 is 0 Å². The number of aromatic nitrogens is 1. The fourth-order valence-electron chi connectivity index (χ4n) is 6.42. The van der Waals surface area contributed by atoms with Crippen LogP contribution in [0.1, 0.15) is 52.7 Å². The van der Waals surface area contributed by atoms with Crippen LogP contribution in [0.25, 0.3) is 60.5 Å². The van der Waals surface area contributed by atoms with Crippen molar-refractivity contribution < 1.29 is 0 Å². The number of rotatable bonds is 3. The van der Waals surface area contributed by atoms with E-state index in [1.165, 1.54) is 71.6 Å². The predicted molar refractivity (Wildman–Crippen MR) is 178 cm³/mol. The minimum Gasteiger partial charge on any atom is -0.309 e. The normalized spacial score (nSPS) is 12.6. The smallest absolute Gasteiger partial charge is 0.0547 e. The predicted octanol–water partition coefficient (Wildman–Crippen LogP) is 11.3. The quantitative estimate of drug-likeness (QED) is 0.200. The molecule has 6 aromatic carbocycles. The van der Waals surface area contributed by atoms with Gasteiger partial charge < -0.3 is 4.57 Å². The lowest BCUT2D eigenvalue weighted by atomic mass is 9.85. The highest BCUT2D eigenvalue weighted by atomic mass is 15.0. The number of benzene rings is 6. The van der Waals surface area contributed by atoms with Gasteiger partial charge in [-0.15, -0.1) is 0 Å². The first-order valence-corrected chi connectivity index (χ1v) is 14.7. The van der Waals surface area contributed by atoms with Crippen molar-refractivity contribution >= 4 is 32.6 Å². The van der Waals surface area contributed by atoms with Crippen molar-refractivity contribution in [1.29, 1.82) is 0 Å².